The van der Waals surface area contributed by atoms with Gasteiger partial charge in [0.1, 0.15) is 5.75 Å². The van der Waals surface area contributed by atoms with E-state index in [4.69, 9.17) is 4.74 Å². The minimum absolute atomic E-state index is 0.896. The Morgan fingerprint density at radius 1 is 1.24 bits per heavy atom. The van der Waals surface area contributed by atoms with Gasteiger partial charge in [-0.2, -0.15) is 0 Å². The lowest BCUT2D eigenvalue weighted by atomic mass is 10.2. The normalized spacial score (nSPS) is 12.9. The first-order valence-electron chi connectivity index (χ1n) is 5.40. The van der Waals surface area contributed by atoms with Gasteiger partial charge in [0.2, 0.25) is 0 Å². The van der Waals surface area contributed by atoms with Crippen molar-refractivity contribution in [1.82, 2.24) is 0 Å². The molecular weight excluding hydrogens is 230 g/mol. The van der Waals surface area contributed by atoms with Crippen molar-refractivity contribution >= 4 is 23.1 Å². The van der Waals surface area contributed by atoms with Crippen molar-refractivity contribution < 1.29 is 4.74 Å². The van der Waals surface area contributed by atoms with Crippen LogP contribution in [0.2, 0.25) is 0 Å². The quantitative estimate of drug-likeness (QED) is 0.756. The maximum absolute atomic E-state index is 5.26. The van der Waals surface area contributed by atoms with Gasteiger partial charge in [0.15, 0.2) is 0 Å². The van der Waals surface area contributed by atoms with E-state index in [9.17, 15) is 0 Å². The number of hydrogen-bond donors (Lipinski definition) is 0. The minimum Gasteiger partial charge on any atom is -0.497 e. The van der Waals surface area contributed by atoms with Gasteiger partial charge in [0, 0.05) is 22.9 Å². The van der Waals surface area contributed by atoms with Crippen molar-refractivity contribution in [2.45, 2.75) is 9.79 Å². The molecule has 3 heteroatoms. The van der Waals surface area contributed by atoms with Gasteiger partial charge in [-0.15, -0.1) is 0 Å². The van der Waals surface area contributed by atoms with Gasteiger partial charge in [-0.3, -0.25) is 0 Å². The molecule has 0 unspecified atom stereocenters. The van der Waals surface area contributed by atoms with Crippen LogP contribution in [0, 0.1) is 6.07 Å². The number of benzene rings is 2. The topological polar surface area (TPSA) is 12.5 Å². The molecule has 0 aromatic heterocycles. The molecule has 1 aliphatic heterocycles. The second-order valence-corrected chi connectivity index (χ2v) is 4.96. The third-order valence-corrected chi connectivity index (χ3v) is 3.98. The summed E-state index contributed by atoms with van der Waals surface area (Å²) in [6.45, 7) is 0. The average molecular weight is 242 g/mol. The molecule has 0 saturated heterocycles. The van der Waals surface area contributed by atoms with Crippen molar-refractivity contribution in [2.75, 3.05) is 19.1 Å². The zero-order valence-corrected chi connectivity index (χ0v) is 10.5. The van der Waals surface area contributed by atoms with E-state index >= 15 is 0 Å². The lowest BCUT2D eigenvalue weighted by Gasteiger charge is -2.29. The van der Waals surface area contributed by atoms with Crippen molar-refractivity contribution in [3.8, 4) is 5.75 Å². The number of hydrogen-bond acceptors (Lipinski definition) is 3. The molecule has 0 amide bonds. The van der Waals surface area contributed by atoms with E-state index in [0.717, 1.165) is 11.4 Å². The van der Waals surface area contributed by atoms with Crippen LogP contribution < -0.4 is 9.64 Å². The molecule has 17 heavy (non-hydrogen) atoms. The van der Waals surface area contributed by atoms with Gasteiger partial charge >= 0.3 is 0 Å². The molecule has 3 rings (SSSR count). The van der Waals surface area contributed by atoms with Gasteiger partial charge < -0.3 is 9.64 Å². The Labute approximate surface area is 105 Å². The zero-order valence-electron chi connectivity index (χ0n) is 9.73. The SMILES string of the molecule is COc1ccc2c(c1)Sc1ccc[c]c1N2C. The van der Waals surface area contributed by atoms with Crippen LogP contribution in [0.1, 0.15) is 0 Å². The Balaban J connectivity index is 2.12. The van der Waals surface area contributed by atoms with Crippen LogP contribution in [0.4, 0.5) is 11.4 Å². The van der Waals surface area contributed by atoms with Gasteiger partial charge in [0.05, 0.1) is 18.5 Å². The van der Waals surface area contributed by atoms with Crippen LogP contribution in [0.5, 0.6) is 5.75 Å². The number of methoxy groups -OCH3 is 1. The lowest BCUT2D eigenvalue weighted by molar-refractivity contribution is 0.413. The standard InChI is InChI=1S/C14H12NOS/c1-15-11-5-3-4-6-13(11)17-14-9-10(16-2)7-8-12(14)15/h3-4,6-9H,1-2H3. The van der Waals surface area contributed by atoms with E-state index in [1.54, 1.807) is 18.9 Å². The first-order chi connectivity index (χ1) is 8.29. The molecule has 2 nitrogen and oxygen atoms in total. The fraction of sp³-hybridized carbons (Fsp3) is 0.143. The summed E-state index contributed by atoms with van der Waals surface area (Å²) >= 11 is 1.76. The molecule has 0 spiro atoms. The summed E-state index contributed by atoms with van der Waals surface area (Å²) in [5.41, 5.74) is 2.33. The van der Waals surface area contributed by atoms with Crippen molar-refractivity contribution in [2.24, 2.45) is 0 Å². The molecule has 0 saturated carbocycles. The van der Waals surface area contributed by atoms with Crippen molar-refractivity contribution in [1.29, 1.82) is 0 Å². The van der Waals surface area contributed by atoms with E-state index in [2.05, 4.69) is 36.2 Å². The number of fused-ring (bicyclic) bond motifs is 2. The van der Waals surface area contributed by atoms with Gasteiger partial charge in [-0.05, 0) is 24.3 Å². The Morgan fingerprint density at radius 2 is 2.12 bits per heavy atom. The summed E-state index contributed by atoms with van der Waals surface area (Å²) in [5.74, 6) is 0.896. The highest BCUT2D eigenvalue weighted by molar-refractivity contribution is 7.99. The molecular formula is C14H12NOS. The molecule has 1 radical (unpaired) electrons. The van der Waals surface area contributed by atoms with Crippen LogP contribution in [-0.4, -0.2) is 14.2 Å². The average Bonchev–Trinajstić information content (AvgIpc) is 2.38. The minimum atomic E-state index is 0.896. The van der Waals surface area contributed by atoms with E-state index in [1.807, 2.05) is 18.2 Å². The highest BCUT2D eigenvalue weighted by Gasteiger charge is 2.20. The zero-order chi connectivity index (χ0) is 11.8. The second-order valence-electron chi connectivity index (χ2n) is 3.88. The smallest absolute Gasteiger partial charge is 0.120 e. The largest absolute Gasteiger partial charge is 0.497 e. The monoisotopic (exact) mass is 242 g/mol. The molecule has 0 N–H and O–H groups in total. The molecule has 85 valence electrons. The Bertz CT molecular complexity index is 568. The highest BCUT2D eigenvalue weighted by atomic mass is 32.2. The fourth-order valence-electron chi connectivity index (χ4n) is 1.98. The van der Waals surface area contributed by atoms with Gasteiger partial charge in [-0.25, -0.2) is 0 Å². The highest BCUT2D eigenvalue weighted by Crippen LogP contribution is 2.47. The van der Waals surface area contributed by atoms with Crippen LogP contribution in [0.3, 0.4) is 0 Å². The molecule has 2 aromatic carbocycles. The Kier molecular flexibility index (Phi) is 2.48. The maximum atomic E-state index is 5.26. The van der Waals surface area contributed by atoms with Crippen LogP contribution >= 0.6 is 11.8 Å². The molecule has 0 atom stereocenters. The number of nitrogens with zero attached hydrogens (tertiary/aromatic N) is 1. The Morgan fingerprint density at radius 3 is 2.94 bits per heavy atom. The van der Waals surface area contributed by atoms with E-state index in [-0.39, 0.29) is 0 Å². The van der Waals surface area contributed by atoms with Gasteiger partial charge in [-0.1, -0.05) is 23.9 Å². The molecule has 1 heterocycles. The number of ether oxygens (including phenoxy) is 1. The van der Waals surface area contributed by atoms with Crippen LogP contribution in [0.25, 0.3) is 0 Å². The number of rotatable bonds is 1. The molecule has 0 aliphatic carbocycles. The first-order valence-corrected chi connectivity index (χ1v) is 6.21. The first kappa shape index (κ1) is 10.5. The summed E-state index contributed by atoms with van der Waals surface area (Å²) in [6.07, 6.45) is 0. The summed E-state index contributed by atoms with van der Waals surface area (Å²) in [4.78, 5) is 4.62. The fourth-order valence-corrected chi connectivity index (χ4v) is 3.14. The molecule has 1 aliphatic rings. The maximum Gasteiger partial charge on any atom is 0.120 e. The summed E-state index contributed by atoms with van der Waals surface area (Å²) < 4.78 is 5.26. The molecule has 2 aromatic rings. The van der Waals surface area contributed by atoms with Gasteiger partial charge in [0.25, 0.3) is 0 Å². The summed E-state index contributed by atoms with van der Waals surface area (Å²) in [7, 11) is 3.76. The second kappa shape index (κ2) is 4.00. The predicted octanol–water partition coefficient (Wildman–Crippen LogP) is 3.73. The molecule has 0 fully saturated rings. The number of anilines is 2. The van der Waals surface area contributed by atoms with Crippen molar-refractivity contribution in [3.05, 3.63) is 42.5 Å². The van der Waals surface area contributed by atoms with Crippen LogP contribution in [0.15, 0.2) is 46.2 Å². The third-order valence-electron chi connectivity index (χ3n) is 2.88. The Hall–Kier alpha value is -1.61. The van der Waals surface area contributed by atoms with E-state index in [0.29, 0.717) is 0 Å². The third kappa shape index (κ3) is 1.67. The number of para-hydroxylation sites is 1. The summed E-state index contributed by atoms with van der Waals surface area (Å²) in [6, 6.07) is 15.5. The van der Waals surface area contributed by atoms with Crippen LogP contribution in [-0.2, 0) is 0 Å². The predicted molar refractivity (Wildman–Crippen MR) is 70.5 cm³/mol. The lowest BCUT2D eigenvalue weighted by Crippen LogP contribution is -2.14. The molecule has 0 bridgehead atoms. The van der Waals surface area contributed by atoms with E-state index in [1.165, 1.54) is 15.5 Å². The van der Waals surface area contributed by atoms with E-state index < -0.39 is 0 Å². The van der Waals surface area contributed by atoms with Crippen molar-refractivity contribution in [3.63, 3.8) is 0 Å². The summed E-state index contributed by atoms with van der Waals surface area (Å²) in [5, 5.41) is 0.